The second-order valence-electron chi connectivity index (χ2n) is 15.0. The van der Waals surface area contributed by atoms with Crippen LogP contribution in [0.2, 0.25) is 0 Å². The fourth-order valence-corrected chi connectivity index (χ4v) is 7.91. The monoisotopic (exact) mass is 736 g/mol. The molecule has 0 unspecified atom stereocenters. The number of carbonyl (C=O) groups excluding carboxylic acids is 4. The molecule has 2 fully saturated rings. The highest BCUT2D eigenvalue weighted by atomic mass is 16.5. The maximum atomic E-state index is 13.7. The van der Waals surface area contributed by atoms with E-state index in [4.69, 9.17) is 19.4 Å². The van der Waals surface area contributed by atoms with Gasteiger partial charge < -0.3 is 39.9 Å². The molecule has 5 aromatic rings. The van der Waals surface area contributed by atoms with Gasteiger partial charge in [-0.05, 0) is 78.3 Å². The molecular formula is C40H48N8O6. The van der Waals surface area contributed by atoms with Gasteiger partial charge in [0.05, 0.1) is 48.4 Å². The van der Waals surface area contributed by atoms with Gasteiger partial charge in [-0.2, -0.15) is 0 Å². The lowest BCUT2D eigenvalue weighted by Gasteiger charge is -2.29. The Kier molecular flexibility index (Phi) is 10.2. The SMILES string of the molecule is COC(=O)N[C@H](C(=O)N1CCC[C@H]1c1nc2cc(-c3ccc4c(ccc5[nH]c([C@@H]6CCCN6C(=O)[C@@H](NC(=O)OC)C(C)C)nc54)c3)ccc2[nH]1)C(C)C. The normalized spacial score (nSPS) is 18.5. The second-order valence-corrected chi connectivity index (χ2v) is 15.0. The van der Waals surface area contributed by atoms with Gasteiger partial charge in [0, 0.05) is 18.5 Å². The predicted octanol–water partition coefficient (Wildman–Crippen LogP) is 6.35. The topological polar surface area (TPSA) is 175 Å². The maximum Gasteiger partial charge on any atom is 0.407 e. The molecule has 4 amide bonds. The molecule has 2 aliphatic heterocycles. The molecule has 284 valence electrons. The first-order chi connectivity index (χ1) is 26.0. The minimum absolute atomic E-state index is 0.113. The third-order valence-corrected chi connectivity index (χ3v) is 10.8. The number of fused-ring (bicyclic) bond motifs is 4. The molecule has 2 aliphatic rings. The Hall–Kier alpha value is -5.66. The Balaban J connectivity index is 1.13. The molecule has 0 saturated carbocycles. The van der Waals surface area contributed by atoms with E-state index in [2.05, 4.69) is 57.0 Å². The molecule has 14 nitrogen and oxygen atoms in total. The molecular weight excluding hydrogens is 688 g/mol. The van der Waals surface area contributed by atoms with Gasteiger partial charge in [-0.3, -0.25) is 9.59 Å². The van der Waals surface area contributed by atoms with Crippen LogP contribution >= 0.6 is 0 Å². The van der Waals surface area contributed by atoms with Gasteiger partial charge in [-0.25, -0.2) is 19.6 Å². The molecule has 7 rings (SSSR count). The van der Waals surface area contributed by atoms with E-state index in [-0.39, 0.29) is 35.7 Å². The Bertz CT molecular complexity index is 2230. The van der Waals surface area contributed by atoms with Gasteiger partial charge in [-0.15, -0.1) is 0 Å². The quantitative estimate of drug-likeness (QED) is 0.136. The van der Waals surface area contributed by atoms with Crippen molar-refractivity contribution in [3.8, 4) is 11.1 Å². The average molecular weight is 737 g/mol. The summed E-state index contributed by atoms with van der Waals surface area (Å²) < 4.78 is 9.55. The lowest BCUT2D eigenvalue weighted by atomic mass is 10.0. The van der Waals surface area contributed by atoms with Crippen LogP contribution < -0.4 is 10.6 Å². The Labute approximate surface area is 313 Å². The summed E-state index contributed by atoms with van der Waals surface area (Å²) >= 11 is 0. The molecule has 2 saturated heterocycles. The lowest BCUT2D eigenvalue weighted by Crippen LogP contribution is -2.51. The molecule has 2 aromatic heterocycles. The molecule has 4 N–H and O–H groups in total. The van der Waals surface area contributed by atoms with Gasteiger partial charge in [0.25, 0.3) is 0 Å². The number of aromatic amines is 2. The average Bonchev–Trinajstić information content (AvgIpc) is 3.99. The summed E-state index contributed by atoms with van der Waals surface area (Å²) in [6, 6.07) is 14.7. The zero-order valence-electron chi connectivity index (χ0n) is 31.6. The van der Waals surface area contributed by atoms with Crippen molar-refractivity contribution in [2.24, 2.45) is 11.8 Å². The third kappa shape index (κ3) is 6.92. The molecule has 14 heteroatoms. The van der Waals surface area contributed by atoms with E-state index < -0.39 is 24.3 Å². The summed E-state index contributed by atoms with van der Waals surface area (Å²) in [5.41, 5.74) is 5.45. The van der Waals surface area contributed by atoms with Crippen LogP contribution in [0.3, 0.4) is 0 Å². The number of methoxy groups -OCH3 is 2. The first kappa shape index (κ1) is 36.7. The first-order valence-corrected chi connectivity index (χ1v) is 18.7. The van der Waals surface area contributed by atoms with Gasteiger partial charge in [0.15, 0.2) is 0 Å². The smallest absolute Gasteiger partial charge is 0.407 e. The minimum atomic E-state index is -0.699. The molecule has 0 bridgehead atoms. The Morgan fingerprint density at radius 2 is 1.22 bits per heavy atom. The minimum Gasteiger partial charge on any atom is -0.453 e. The Morgan fingerprint density at radius 3 is 1.80 bits per heavy atom. The van der Waals surface area contributed by atoms with Crippen LogP contribution in [-0.4, -0.2) is 93.1 Å². The predicted molar refractivity (Wildman–Crippen MR) is 204 cm³/mol. The van der Waals surface area contributed by atoms with Crippen LogP contribution in [0.1, 0.15) is 77.1 Å². The molecule has 54 heavy (non-hydrogen) atoms. The number of benzene rings is 3. The molecule has 0 radical (unpaired) electrons. The summed E-state index contributed by atoms with van der Waals surface area (Å²) in [5, 5.41) is 7.44. The number of carbonyl (C=O) groups is 4. The largest absolute Gasteiger partial charge is 0.453 e. The van der Waals surface area contributed by atoms with Crippen molar-refractivity contribution in [2.45, 2.75) is 77.5 Å². The molecule has 0 spiro atoms. The molecule has 4 heterocycles. The summed E-state index contributed by atoms with van der Waals surface area (Å²) in [6.07, 6.45) is 1.97. The van der Waals surface area contributed by atoms with E-state index in [1.807, 2.05) is 49.6 Å². The molecule has 4 atom stereocenters. The van der Waals surface area contributed by atoms with Crippen LogP contribution in [0.15, 0.2) is 48.5 Å². The third-order valence-electron chi connectivity index (χ3n) is 10.8. The number of hydrogen-bond acceptors (Lipinski definition) is 8. The van der Waals surface area contributed by atoms with E-state index in [1.54, 1.807) is 0 Å². The van der Waals surface area contributed by atoms with Crippen molar-refractivity contribution in [1.82, 2.24) is 40.4 Å². The summed E-state index contributed by atoms with van der Waals surface area (Å²) in [4.78, 5) is 71.9. The number of nitrogens with zero attached hydrogens (tertiary/aromatic N) is 4. The Morgan fingerprint density at radius 1 is 0.704 bits per heavy atom. The highest BCUT2D eigenvalue weighted by Gasteiger charge is 2.39. The van der Waals surface area contributed by atoms with Crippen molar-refractivity contribution < 1.29 is 28.7 Å². The molecule has 3 aromatic carbocycles. The van der Waals surface area contributed by atoms with Crippen molar-refractivity contribution in [3.05, 3.63) is 60.2 Å². The number of ether oxygens (including phenoxy) is 2. The number of nitrogens with one attached hydrogen (secondary N) is 4. The standard InChI is InChI=1S/C40H48N8O6/c1-21(2)32(45-39(51)53-5)37(49)47-17-7-9-30(47)35-41-27-15-12-24(20-29(27)43-35)23-11-14-26-25(19-23)13-16-28-34(26)44-36(42-28)31-10-8-18-48(31)38(50)33(22(3)4)46-40(52)54-6/h11-16,19-22,30-33H,7-10,17-18H2,1-6H3,(H,41,43)(H,42,44)(H,45,51)(H,46,52)/t30-,31-,32-,33-/m0/s1. The number of H-pyrrole nitrogens is 2. The van der Waals surface area contributed by atoms with E-state index in [9.17, 15) is 19.2 Å². The van der Waals surface area contributed by atoms with Crippen LogP contribution in [0.4, 0.5) is 9.59 Å². The fraction of sp³-hybridized carbons (Fsp3) is 0.450. The lowest BCUT2D eigenvalue weighted by molar-refractivity contribution is -0.136. The van der Waals surface area contributed by atoms with Crippen LogP contribution in [0, 0.1) is 11.8 Å². The second kappa shape index (κ2) is 15.0. The van der Waals surface area contributed by atoms with Gasteiger partial charge in [-0.1, -0.05) is 52.0 Å². The van der Waals surface area contributed by atoms with E-state index in [0.717, 1.165) is 81.3 Å². The van der Waals surface area contributed by atoms with Gasteiger partial charge in [0.1, 0.15) is 23.7 Å². The zero-order valence-corrected chi connectivity index (χ0v) is 31.6. The maximum absolute atomic E-state index is 13.7. The highest BCUT2D eigenvalue weighted by molar-refractivity contribution is 6.05. The summed E-state index contributed by atoms with van der Waals surface area (Å²) in [5.74, 6) is 0.946. The number of hydrogen-bond donors (Lipinski definition) is 4. The van der Waals surface area contributed by atoms with Crippen LogP contribution in [0.5, 0.6) is 0 Å². The van der Waals surface area contributed by atoms with Crippen molar-refractivity contribution in [2.75, 3.05) is 27.3 Å². The fourth-order valence-electron chi connectivity index (χ4n) is 7.91. The summed E-state index contributed by atoms with van der Waals surface area (Å²) in [6.45, 7) is 8.78. The van der Waals surface area contributed by atoms with Crippen LogP contribution in [0.25, 0.3) is 44.0 Å². The van der Waals surface area contributed by atoms with Gasteiger partial charge in [0.2, 0.25) is 11.8 Å². The van der Waals surface area contributed by atoms with E-state index >= 15 is 0 Å². The first-order valence-electron chi connectivity index (χ1n) is 18.7. The number of alkyl carbamates (subject to hydrolysis) is 2. The van der Waals surface area contributed by atoms with Gasteiger partial charge >= 0.3 is 12.2 Å². The number of likely N-dealkylation sites (tertiary alicyclic amines) is 2. The van der Waals surface area contributed by atoms with E-state index in [1.165, 1.54) is 14.2 Å². The number of aromatic nitrogens is 4. The van der Waals surface area contributed by atoms with Crippen molar-refractivity contribution in [1.29, 1.82) is 0 Å². The number of imidazole rings is 2. The van der Waals surface area contributed by atoms with Crippen molar-refractivity contribution in [3.63, 3.8) is 0 Å². The van der Waals surface area contributed by atoms with Crippen LogP contribution in [-0.2, 0) is 19.1 Å². The zero-order chi connectivity index (χ0) is 38.3. The highest BCUT2D eigenvalue weighted by Crippen LogP contribution is 2.37. The number of amides is 4. The summed E-state index contributed by atoms with van der Waals surface area (Å²) in [7, 11) is 2.58. The molecule has 0 aliphatic carbocycles. The number of rotatable bonds is 9. The van der Waals surface area contributed by atoms with E-state index in [0.29, 0.717) is 13.1 Å². The van der Waals surface area contributed by atoms with Crippen molar-refractivity contribution >= 4 is 56.8 Å².